The molecule has 212 valence electrons. The predicted octanol–water partition coefficient (Wildman–Crippen LogP) is 5.23. The molecule has 3 amide bonds. The molecule has 0 spiro atoms. The summed E-state index contributed by atoms with van der Waals surface area (Å²) in [5.74, 6) is -3.20. The van der Waals surface area contributed by atoms with Crippen molar-refractivity contribution in [2.75, 3.05) is 4.90 Å². The first-order valence-electron chi connectivity index (χ1n) is 13.8. The Bertz CT molecular complexity index is 1820. The number of ether oxygens (including phenoxy) is 1. The smallest absolute Gasteiger partial charge is 0.308 e. The van der Waals surface area contributed by atoms with E-state index in [2.05, 4.69) is 10.5 Å². The van der Waals surface area contributed by atoms with Crippen molar-refractivity contribution < 1.29 is 23.9 Å². The van der Waals surface area contributed by atoms with Gasteiger partial charge in [-0.1, -0.05) is 72.3 Å². The lowest BCUT2D eigenvalue weighted by molar-refractivity contribution is -0.132. The second kappa shape index (κ2) is 10.0. The average molecular weight is 590 g/mol. The van der Waals surface area contributed by atoms with E-state index in [0.29, 0.717) is 11.4 Å². The van der Waals surface area contributed by atoms with Gasteiger partial charge in [0.05, 0.1) is 33.5 Å². The molecule has 2 atom stereocenters. The largest absolute Gasteiger partial charge is 0.427 e. The minimum Gasteiger partial charge on any atom is -0.427 e. The maximum atomic E-state index is 14.4. The number of hydrazone groups is 1. The number of hydrogen-bond donors (Lipinski definition) is 1. The molecule has 1 fully saturated rings. The van der Waals surface area contributed by atoms with Gasteiger partial charge in [-0.05, 0) is 58.7 Å². The third-order valence-electron chi connectivity index (χ3n) is 8.59. The fourth-order valence-corrected chi connectivity index (χ4v) is 7.25. The fraction of sp³-hybridized carbons (Fsp3) is 0.147. The number of amides is 3. The molecule has 0 saturated carbocycles. The van der Waals surface area contributed by atoms with E-state index in [1.54, 1.807) is 54.7 Å². The van der Waals surface area contributed by atoms with E-state index in [-0.39, 0.29) is 28.3 Å². The number of anilines is 1. The fourth-order valence-electron chi connectivity index (χ4n) is 7.03. The normalized spacial score (nSPS) is 23.1. The molecule has 1 heterocycles. The molecule has 2 bridgehead atoms. The molecule has 0 unspecified atom stereocenters. The number of rotatable bonds is 5. The monoisotopic (exact) mass is 589 g/mol. The van der Waals surface area contributed by atoms with Crippen molar-refractivity contribution in [3.8, 4) is 5.75 Å². The van der Waals surface area contributed by atoms with E-state index in [0.717, 1.165) is 22.3 Å². The maximum Gasteiger partial charge on any atom is 0.308 e. The Morgan fingerprint density at radius 3 is 2.09 bits per heavy atom. The topological polar surface area (TPSA) is 105 Å². The molecule has 9 heteroatoms. The zero-order valence-electron chi connectivity index (χ0n) is 22.9. The van der Waals surface area contributed by atoms with Crippen LogP contribution in [-0.2, 0) is 19.8 Å². The third-order valence-corrected chi connectivity index (χ3v) is 8.92. The van der Waals surface area contributed by atoms with Crippen molar-refractivity contribution in [2.24, 2.45) is 16.9 Å². The highest BCUT2D eigenvalue weighted by molar-refractivity contribution is 6.33. The Kier molecular flexibility index (Phi) is 6.25. The molecule has 8 nitrogen and oxygen atoms in total. The van der Waals surface area contributed by atoms with E-state index < -0.39 is 29.1 Å². The van der Waals surface area contributed by atoms with Crippen LogP contribution in [0.1, 0.15) is 45.5 Å². The van der Waals surface area contributed by atoms with E-state index in [1.165, 1.54) is 11.8 Å². The molecule has 1 aliphatic heterocycles. The number of nitrogens with one attached hydrogen (secondary N) is 1. The molecule has 1 N–H and O–H groups in total. The number of nitrogens with zero attached hydrogens (tertiary/aromatic N) is 2. The highest BCUT2D eigenvalue weighted by Gasteiger charge is 2.68. The Morgan fingerprint density at radius 1 is 0.860 bits per heavy atom. The van der Waals surface area contributed by atoms with E-state index >= 15 is 0 Å². The molecule has 4 aromatic carbocycles. The summed E-state index contributed by atoms with van der Waals surface area (Å²) in [5, 5.41) is 4.71. The van der Waals surface area contributed by atoms with Crippen LogP contribution in [0.25, 0.3) is 0 Å². The number of benzene rings is 4. The van der Waals surface area contributed by atoms with Crippen LogP contribution in [0.3, 0.4) is 0 Å². The van der Waals surface area contributed by atoms with Gasteiger partial charge in [0.25, 0.3) is 5.91 Å². The number of halogens is 1. The predicted molar refractivity (Wildman–Crippen MR) is 160 cm³/mol. The van der Waals surface area contributed by atoms with Gasteiger partial charge in [0.1, 0.15) is 5.75 Å². The quantitative estimate of drug-likeness (QED) is 0.113. The molecular weight excluding hydrogens is 566 g/mol. The first-order chi connectivity index (χ1) is 20.8. The molecule has 8 rings (SSSR count). The average Bonchev–Trinajstić information content (AvgIpc) is 3.28. The first kappa shape index (κ1) is 26.8. The van der Waals surface area contributed by atoms with E-state index in [9.17, 15) is 19.2 Å². The Hall–Kier alpha value is -5.08. The van der Waals surface area contributed by atoms with Gasteiger partial charge in [0, 0.05) is 19.1 Å². The molecule has 4 aromatic rings. The van der Waals surface area contributed by atoms with Crippen LogP contribution in [0, 0.1) is 11.8 Å². The molecule has 43 heavy (non-hydrogen) atoms. The van der Waals surface area contributed by atoms with Crippen molar-refractivity contribution in [1.29, 1.82) is 0 Å². The van der Waals surface area contributed by atoms with E-state index in [1.807, 2.05) is 48.5 Å². The summed E-state index contributed by atoms with van der Waals surface area (Å²) in [6.07, 6.45) is 1.60. The van der Waals surface area contributed by atoms with Crippen LogP contribution >= 0.6 is 11.6 Å². The van der Waals surface area contributed by atoms with E-state index in [4.69, 9.17) is 16.3 Å². The summed E-state index contributed by atoms with van der Waals surface area (Å²) < 4.78 is 5.14. The minimum absolute atomic E-state index is 0.264. The SMILES string of the molecule is CC(=O)Oc1ccc(N2C(=O)[C@@H]3C4c5ccccc5C(/C=N\NC(=O)c5ccccc5Cl)(c5ccccc54)[C@@H]3C2=O)cc1. The second-order valence-corrected chi connectivity index (χ2v) is 11.2. The van der Waals surface area contributed by atoms with Crippen LogP contribution in [0.4, 0.5) is 5.69 Å². The maximum absolute atomic E-state index is 14.4. The lowest BCUT2D eigenvalue weighted by Crippen LogP contribution is -2.54. The third kappa shape index (κ3) is 3.94. The zero-order valence-corrected chi connectivity index (χ0v) is 23.6. The summed E-state index contributed by atoms with van der Waals surface area (Å²) in [6, 6.07) is 28.5. The van der Waals surface area contributed by atoms with Gasteiger partial charge in [-0.15, -0.1) is 0 Å². The number of imide groups is 1. The van der Waals surface area contributed by atoms with Gasteiger partial charge < -0.3 is 4.74 Å². The molecular formula is C34H24ClN3O5. The van der Waals surface area contributed by atoms with Crippen molar-refractivity contribution in [3.63, 3.8) is 0 Å². The molecule has 4 aliphatic rings. The highest BCUT2D eigenvalue weighted by atomic mass is 35.5. The molecule has 1 saturated heterocycles. The Labute approximate surface area is 251 Å². The summed E-state index contributed by atoms with van der Waals surface area (Å²) in [4.78, 5) is 54.3. The Morgan fingerprint density at radius 2 is 1.47 bits per heavy atom. The second-order valence-electron chi connectivity index (χ2n) is 10.8. The minimum atomic E-state index is -1.14. The number of hydrogen-bond acceptors (Lipinski definition) is 6. The first-order valence-corrected chi connectivity index (χ1v) is 14.1. The molecule has 0 aromatic heterocycles. The van der Waals surface area contributed by atoms with Crippen LogP contribution in [0.2, 0.25) is 5.02 Å². The van der Waals surface area contributed by atoms with Crippen molar-refractivity contribution in [1.82, 2.24) is 5.43 Å². The van der Waals surface area contributed by atoms with Crippen LogP contribution in [0.5, 0.6) is 5.75 Å². The summed E-state index contributed by atoms with van der Waals surface area (Å²) >= 11 is 6.23. The summed E-state index contributed by atoms with van der Waals surface area (Å²) in [7, 11) is 0. The van der Waals surface area contributed by atoms with Crippen LogP contribution in [0.15, 0.2) is 102 Å². The number of carbonyl (C=O) groups excluding carboxylic acids is 4. The van der Waals surface area contributed by atoms with Gasteiger partial charge in [-0.3, -0.25) is 19.2 Å². The van der Waals surface area contributed by atoms with Gasteiger partial charge in [-0.2, -0.15) is 5.10 Å². The summed E-state index contributed by atoms with van der Waals surface area (Å²) in [5.41, 5.74) is 5.71. The molecule has 0 radical (unpaired) electrons. The van der Waals surface area contributed by atoms with Gasteiger partial charge in [0.15, 0.2) is 0 Å². The lowest BCUT2D eigenvalue weighted by atomic mass is 9.47. The zero-order chi connectivity index (χ0) is 29.9. The van der Waals surface area contributed by atoms with Gasteiger partial charge in [-0.25, -0.2) is 10.3 Å². The van der Waals surface area contributed by atoms with Crippen LogP contribution < -0.4 is 15.1 Å². The lowest BCUT2D eigenvalue weighted by Gasteiger charge is -2.52. The van der Waals surface area contributed by atoms with Gasteiger partial charge in [0.2, 0.25) is 11.8 Å². The standard InChI is InChI=1S/C34H24ClN3O5/c1-19(39)43-21-16-14-20(15-17-21)38-32(41)29-28-22-8-2-5-11-25(22)34(30(29)33(38)42,26-12-6-3-9-23(26)28)18-36-37-31(40)24-10-4-7-13-27(24)35/h2-18,28-30H,1H3,(H,37,40)/b36-18-/t28?,29-,30+,34?/m1/s1. The van der Waals surface area contributed by atoms with Crippen molar-refractivity contribution in [2.45, 2.75) is 18.3 Å². The number of esters is 1. The summed E-state index contributed by atoms with van der Waals surface area (Å²) in [6.45, 7) is 1.30. The van der Waals surface area contributed by atoms with Crippen molar-refractivity contribution >= 4 is 47.2 Å². The molecule has 3 aliphatic carbocycles. The van der Waals surface area contributed by atoms with Crippen LogP contribution in [-0.4, -0.2) is 29.9 Å². The van der Waals surface area contributed by atoms with Gasteiger partial charge >= 0.3 is 5.97 Å². The highest BCUT2D eigenvalue weighted by Crippen LogP contribution is 2.63. The number of carbonyl (C=O) groups is 4. The Balaban J connectivity index is 1.36. The van der Waals surface area contributed by atoms with Crippen molar-refractivity contribution in [3.05, 3.63) is 130 Å².